The van der Waals surface area contributed by atoms with Crippen LogP contribution in [0.15, 0.2) is 60.2 Å². The lowest BCUT2D eigenvalue weighted by molar-refractivity contribution is -0.135. The molecular formula is C19H13NO4. The van der Waals surface area contributed by atoms with Crippen LogP contribution in [-0.4, -0.2) is 18.2 Å². The fourth-order valence-corrected chi connectivity index (χ4v) is 2.44. The maximum absolute atomic E-state index is 11.9. The second kappa shape index (κ2) is 6.31. The van der Waals surface area contributed by atoms with Gasteiger partial charge in [-0.05, 0) is 24.3 Å². The summed E-state index contributed by atoms with van der Waals surface area (Å²) in [6.45, 7) is 0. The molecule has 1 N–H and O–H groups in total. The molecule has 3 rings (SSSR count). The van der Waals surface area contributed by atoms with Gasteiger partial charge >= 0.3 is 5.97 Å². The minimum Gasteiger partial charge on any atom is -0.508 e. The fourth-order valence-electron chi connectivity index (χ4n) is 2.44. The number of ether oxygens (including phenoxy) is 2. The van der Waals surface area contributed by atoms with Crippen molar-refractivity contribution < 1.29 is 19.4 Å². The first-order valence-corrected chi connectivity index (χ1v) is 7.15. The average Bonchev–Trinajstić information content (AvgIpc) is 2.62. The van der Waals surface area contributed by atoms with Crippen LogP contribution in [0, 0.1) is 11.3 Å². The molecule has 2 aromatic rings. The molecular weight excluding hydrogens is 306 g/mol. The summed E-state index contributed by atoms with van der Waals surface area (Å²) < 4.78 is 10.6. The zero-order valence-electron chi connectivity index (χ0n) is 12.8. The van der Waals surface area contributed by atoms with Crippen LogP contribution < -0.4 is 4.74 Å². The van der Waals surface area contributed by atoms with Crippen LogP contribution in [0.25, 0.3) is 11.3 Å². The second-order valence-electron chi connectivity index (χ2n) is 5.05. The number of allylic oxidation sites excluding steroid dienone is 2. The van der Waals surface area contributed by atoms with Gasteiger partial charge in [-0.1, -0.05) is 30.3 Å². The van der Waals surface area contributed by atoms with Crippen LogP contribution >= 0.6 is 0 Å². The van der Waals surface area contributed by atoms with Crippen molar-refractivity contribution in [3.8, 4) is 17.6 Å². The number of aromatic hydroxyl groups is 1. The molecule has 2 aromatic carbocycles. The number of hydrogen-bond donors (Lipinski definition) is 1. The van der Waals surface area contributed by atoms with E-state index in [4.69, 9.17) is 9.47 Å². The molecule has 0 spiro atoms. The molecule has 0 bridgehead atoms. The molecule has 118 valence electrons. The predicted octanol–water partition coefficient (Wildman–Crippen LogP) is 3.28. The molecule has 0 radical (unpaired) electrons. The lowest BCUT2D eigenvalue weighted by Gasteiger charge is -2.21. The molecule has 0 aliphatic carbocycles. The highest BCUT2D eigenvalue weighted by molar-refractivity contribution is 6.06. The van der Waals surface area contributed by atoms with Gasteiger partial charge in [0.15, 0.2) is 0 Å². The van der Waals surface area contributed by atoms with Crippen molar-refractivity contribution in [3.63, 3.8) is 0 Å². The number of phenols is 1. The van der Waals surface area contributed by atoms with Crippen molar-refractivity contribution in [2.24, 2.45) is 0 Å². The zero-order chi connectivity index (χ0) is 17.1. The van der Waals surface area contributed by atoms with E-state index in [-0.39, 0.29) is 11.3 Å². The van der Waals surface area contributed by atoms with Crippen molar-refractivity contribution in [2.45, 2.75) is 0 Å². The molecule has 0 atom stereocenters. The van der Waals surface area contributed by atoms with Gasteiger partial charge in [0, 0.05) is 16.7 Å². The Labute approximate surface area is 138 Å². The molecule has 0 saturated carbocycles. The standard InChI is InChI=1S/C19H13NO4/c1-23-19(22)16(11-20)14-10-18(12-5-3-2-4-6-12)24-17-8-7-13(21)9-15(14)17/h2-10,21H,1H3. The molecule has 0 saturated heterocycles. The largest absolute Gasteiger partial charge is 0.508 e. The van der Waals surface area contributed by atoms with Gasteiger partial charge in [-0.3, -0.25) is 0 Å². The first-order valence-electron chi connectivity index (χ1n) is 7.15. The van der Waals surface area contributed by atoms with Crippen LogP contribution in [0.3, 0.4) is 0 Å². The first kappa shape index (κ1) is 15.4. The average molecular weight is 319 g/mol. The maximum atomic E-state index is 11.9. The number of fused-ring (bicyclic) bond motifs is 1. The Kier molecular flexibility index (Phi) is 4.04. The maximum Gasteiger partial charge on any atom is 0.349 e. The Balaban J connectivity index is 2.26. The topological polar surface area (TPSA) is 79.6 Å². The van der Waals surface area contributed by atoms with Crippen molar-refractivity contribution in [2.75, 3.05) is 7.11 Å². The lowest BCUT2D eigenvalue weighted by atomic mass is 9.95. The molecule has 0 aromatic heterocycles. The minimum absolute atomic E-state index is 0.00793. The fraction of sp³-hybridized carbons (Fsp3) is 0.0526. The molecule has 1 aliphatic heterocycles. The molecule has 24 heavy (non-hydrogen) atoms. The second-order valence-corrected chi connectivity index (χ2v) is 5.05. The number of carbonyl (C=O) groups excluding carboxylic acids is 1. The summed E-state index contributed by atoms with van der Waals surface area (Å²) in [4.78, 5) is 11.9. The molecule has 1 heterocycles. The highest BCUT2D eigenvalue weighted by Gasteiger charge is 2.24. The molecule has 0 amide bonds. The van der Waals surface area contributed by atoms with E-state index in [9.17, 15) is 15.2 Å². The summed E-state index contributed by atoms with van der Waals surface area (Å²) in [5.74, 6) is 0.210. The van der Waals surface area contributed by atoms with E-state index in [1.165, 1.54) is 19.2 Å². The van der Waals surface area contributed by atoms with Crippen molar-refractivity contribution in [3.05, 3.63) is 71.3 Å². The summed E-state index contributed by atoms with van der Waals surface area (Å²) in [7, 11) is 1.21. The van der Waals surface area contributed by atoms with E-state index >= 15 is 0 Å². The monoisotopic (exact) mass is 319 g/mol. The Bertz CT molecular complexity index is 905. The van der Waals surface area contributed by atoms with Crippen LogP contribution in [0.1, 0.15) is 11.1 Å². The quantitative estimate of drug-likeness (QED) is 0.522. The number of benzene rings is 2. The van der Waals surface area contributed by atoms with Crippen LogP contribution in [-0.2, 0) is 9.53 Å². The van der Waals surface area contributed by atoms with E-state index in [2.05, 4.69) is 0 Å². The normalized spacial score (nSPS) is 14.6. The number of esters is 1. The third-order valence-corrected chi connectivity index (χ3v) is 3.58. The van der Waals surface area contributed by atoms with E-state index in [1.54, 1.807) is 12.1 Å². The Morgan fingerprint density at radius 2 is 1.96 bits per heavy atom. The highest BCUT2D eigenvalue weighted by atomic mass is 16.5. The van der Waals surface area contributed by atoms with Gasteiger partial charge in [0.2, 0.25) is 0 Å². The number of hydrogen-bond acceptors (Lipinski definition) is 5. The Hall–Kier alpha value is -3.52. The Morgan fingerprint density at radius 1 is 1.21 bits per heavy atom. The van der Waals surface area contributed by atoms with Crippen molar-refractivity contribution in [1.82, 2.24) is 0 Å². The van der Waals surface area contributed by atoms with E-state index < -0.39 is 5.97 Å². The van der Waals surface area contributed by atoms with Gasteiger partial charge in [-0.2, -0.15) is 5.26 Å². The number of nitrogens with zero attached hydrogens (tertiary/aromatic N) is 1. The van der Waals surface area contributed by atoms with E-state index in [0.29, 0.717) is 22.6 Å². The summed E-state index contributed by atoms with van der Waals surface area (Å²) in [6.07, 6.45) is 1.60. The number of methoxy groups -OCH3 is 1. The molecule has 5 nitrogen and oxygen atoms in total. The van der Waals surface area contributed by atoms with Gasteiger partial charge in [-0.15, -0.1) is 0 Å². The van der Waals surface area contributed by atoms with Crippen LogP contribution in [0.4, 0.5) is 0 Å². The van der Waals surface area contributed by atoms with Gasteiger partial charge in [0.1, 0.15) is 28.9 Å². The minimum atomic E-state index is -0.743. The van der Waals surface area contributed by atoms with Gasteiger partial charge < -0.3 is 14.6 Å². The summed E-state index contributed by atoms with van der Waals surface area (Å²) >= 11 is 0. The van der Waals surface area contributed by atoms with Gasteiger partial charge in [-0.25, -0.2) is 4.79 Å². The zero-order valence-corrected chi connectivity index (χ0v) is 12.8. The van der Waals surface area contributed by atoms with Crippen LogP contribution in [0.2, 0.25) is 0 Å². The molecule has 5 heteroatoms. The molecule has 0 fully saturated rings. The van der Waals surface area contributed by atoms with Crippen LogP contribution in [0.5, 0.6) is 11.5 Å². The van der Waals surface area contributed by atoms with E-state index in [0.717, 1.165) is 5.56 Å². The van der Waals surface area contributed by atoms with Crippen molar-refractivity contribution >= 4 is 17.3 Å². The number of rotatable bonds is 2. The number of nitriles is 1. The molecule has 0 unspecified atom stereocenters. The van der Waals surface area contributed by atoms with E-state index in [1.807, 2.05) is 36.4 Å². The highest BCUT2D eigenvalue weighted by Crippen LogP contribution is 2.40. The number of carbonyl (C=O) groups is 1. The smallest absolute Gasteiger partial charge is 0.349 e. The predicted molar refractivity (Wildman–Crippen MR) is 87.7 cm³/mol. The van der Waals surface area contributed by atoms with Crippen molar-refractivity contribution in [1.29, 1.82) is 5.26 Å². The lowest BCUT2D eigenvalue weighted by Crippen LogP contribution is -2.10. The third kappa shape index (κ3) is 2.73. The molecule has 1 aliphatic rings. The van der Waals surface area contributed by atoms with Gasteiger partial charge in [0.05, 0.1) is 7.11 Å². The van der Waals surface area contributed by atoms with Gasteiger partial charge in [0.25, 0.3) is 0 Å². The SMILES string of the molecule is COC(=O)C(C#N)=C1C=C(c2ccccc2)Oc2ccc(O)cc21. The summed E-state index contributed by atoms with van der Waals surface area (Å²) in [5, 5.41) is 19.1. The summed E-state index contributed by atoms with van der Waals surface area (Å²) in [5.41, 5.74) is 1.45. The third-order valence-electron chi connectivity index (χ3n) is 3.58. The number of phenolic OH excluding ortho intramolecular Hbond substituents is 1. The Morgan fingerprint density at radius 3 is 2.62 bits per heavy atom. The first-order chi connectivity index (χ1) is 11.6. The summed E-state index contributed by atoms with van der Waals surface area (Å²) in [6, 6.07) is 15.7.